The minimum absolute atomic E-state index is 0.0204. The molecule has 0 saturated carbocycles. The Balaban J connectivity index is 2.09. The van der Waals surface area contributed by atoms with Crippen LogP contribution in [0.4, 0.5) is 0 Å². The normalized spacial score (nSPS) is 34.6. The van der Waals surface area contributed by atoms with Gasteiger partial charge in [-0.3, -0.25) is 14.4 Å². The van der Waals surface area contributed by atoms with Gasteiger partial charge in [0, 0.05) is 17.8 Å². The maximum Gasteiger partial charge on any atom is 0.244 e. The first kappa shape index (κ1) is 26.3. The summed E-state index contributed by atoms with van der Waals surface area (Å²) in [6.07, 6.45) is 1.59. The smallest absolute Gasteiger partial charge is 0.244 e. The standard InChI is InChI=1S/C25H43N3O4S/c1-13(2)15(11-29)28-19(21(31)27-24(7,8)12-23(4,5)6)25-14(3)10-16(33-25)17(20(30)26-9)18(25)22(28)32/h13-19,29H,10-12H2,1-9H3,(H,26,30)(H,27,31)/t14?,15-,16+,17-,18-,19?,25?/m0/s1. The Labute approximate surface area is 203 Å². The molecule has 188 valence electrons. The molecule has 7 atom stereocenters. The van der Waals surface area contributed by atoms with E-state index in [0.29, 0.717) is 0 Å². The number of nitrogens with one attached hydrogen (secondary N) is 2. The van der Waals surface area contributed by atoms with Gasteiger partial charge >= 0.3 is 0 Å². The van der Waals surface area contributed by atoms with Crippen LogP contribution in [0.15, 0.2) is 0 Å². The molecule has 8 heteroatoms. The first-order valence-corrected chi connectivity index (χ1v) is 13.1. The fourth-order valence-corrected chi connectivity index (χ4v) is 9.38. The van der Waals surface area contributed by atoms with E-state index in [9.17, 15) is 19.5 Å². The molecule has 3 unspecified atom stereocenters. The second-order valence-electron chi connectivity index (χ2n) is 12.5. The minimum atomic E-state index is -0.714. The lowest BCUT2D eigenvalue weighted by Gasteiger charge is -2.43. The molecular weight excluding hydrogens is 438 g/mol. The van der Waals surface area contributed by atoms with Gasteiger partial charge in [-0.25, -0.2) is 0 Å². The zero-order chi connectivity index (χ0) is 25.1. The number of fused-ring (bicyclic) bond motifs is 1. The minimum Gasteiger partial charge on any atom is -0.394 e. The quantitative estimate of drug-likeness (QED) is 0.519. The Morgan fingerprint density at radius 2 is 1.82 bits per heavy atom. The molecule has 7 nitrogen and oxygen atoms in total. The summed E-state index contributed by atoms with van der Waals surface area (Å²) < 4.78 is -0.664. The van der Waals surface area contributed by atoms with Crippen molar-refractivity contribution in [3.63, 3.8) is 0 Å². The molecular formula is C25H43N3O4S. The molecule has 1 spiro atoms. The van der Waals surface area contributed by atoms with Crippen LogP contribution in [-0.2, 0) is 14.4 Å². The van der Waals surface area contributed by atoms with Crippen LogP contribution in [0.5, 0.6) is 0 Å². The van der Waals surface area contributed by atoms with Gasteiger partial charge in [0.15, 0.2) is 0 Å². The van der Waals surface area contributed by atoms with E-state index >= 15 is 0 Å². The SMILES string of the molecule is CNC(=O)[C@@H]1[C@H]2C(=O)N([C@@H](CO)C(C)C)C(C(=O)NC(C)(C)CC(C)(C)C)C23S[C@@H]1CC3C. The maximum absolute atomic E-state index is 14.1. The van der Waals surface area contributed by atoms with Crippen LogP contribution in [0, 0.1) is 29.1 Å². The Morgan fingerprint density at radius 3 is 2.30 bits per heavy atom. The average molecular weight is 482 g/mol. The van der Waals surface area contributed by atoms with E-state index in [1.165, 1.54) is 0 Å². The number of thioether (sulfide) groups is 1. The lowest BCUT2D eigenvalue weighted by molar-refractivity contribution is -0.144. The van der Waals surface area contributed by atoms with E-state index in [2.05, 4.69) is 38.3 Å². The predicted octanol–water partition coefficient (Wildman–Crippen LogP) is 2.42. The summed E-state index contributed by atoms with van der Waals surface area (Å²) in [7, 11) is 1.61. The van der Waals surface area contributed by atoms with Crippen LogP contribution in [0.2, 0.25) is 0 Å². The number of hydrogen-bond acceptors (Lipinski definition) is 5. The summed E-state index contributed by atoms with van der Waals surface area (Å²) in [5, 5.41) is 16.3. The van der Waals surface area contributed by atoms with E-state index in [1.807, 2.05) is 27.7 Å². The van der Waals surface area contributed by atoms with Crippen molar-refractivity contribution in [1.29, 1.82) is 0 Å². The summed E-state index contributed by atoms with van der Waals surface area (Å²) in [6, 6.07) is -1.19. The number of rotatable bonds is 7. The van der Waals surface area contributed by atoms with Gasteiger partial charge in [0.1, 0.15) is 6.04 Å². The molecule has 33 heavy (non-hydrogen) atoms. The molecule has 0 aliphatic carbocycles. The van der Waals surface area contributed by atoms with E-state index in [4.69, 9.17) is 0 Å². The number of hydrogen-bond donors (Lipinski definition) is 3. The number of aliphatic hydroxyl groups excluding tert-OH is 1. The zero-order valence-corrected chi connectivity index (χ0v) is 22.5. The van der Waals surface area contributed by atoms with Crippen molar-refractivity contribution in [2.45, 2.75) is 95.9 Å². The average Bonchev–Trinajstić information content (AvgIpc) is 3.23. The van der Waals surface area contributed by atoms with Crippen LogP contribution in [0.1, 0.15) is 68.2 Å². The molecule has 0 aromatic rings. The number of likely N-dealkylation sites (tertiary alicyclic amines) is 1. The molecule has 2 bridgehead atoms. The molecule has 0 aromatic heterocycles. The lowest BCUT2D eigenvalue weighted by Crippen LogP contribution is -2.62. The molecule has 3 N–H and O–H groups in total. The van der Waals surface area contributed by atoms with Crippen molar-refractivity contribution >= 4 is 29.5 Å². The Morgan fingerprint density at radius 1 is 1.21 bits per heavy atom. The molecule has 3 heterocycles. The Bertz CT molecular complexity index is 808. The van der Waals surface area contributed by atoms with Gasteiger partial charge in [0.25, 0.3) is 0 Å². The highest BCUT2D eigenvalue weighted by atomic mass is 32.2. The van der Waals surface area contributed by atoms with Crippen molar-refractivity contribution in [2.75, 3.05) is 13.7 Å². The fourth-order valence-electron chi connectivity index (χ4n) is 6.97. The molecule has 3 amide bonds. The van der Waals surface area contributed by atoms with E-state index < -0.39 is 34.2 Å². The van der Waals surface area contributed by atoms with Crippen LogP contribution >= 0.6 is 11.8 Å². The van der Waals surface area contributed by atoms with Gasteiger partial charge in [-0.05, 0) is 43.9 Å². The topological polar surface area (TPSA) is 98.7 Å². The van der Waals surface area contributed by atoms with Gasteiger partial charge in [0.05, 0.1) is 29.2 Å². The molecule has 3 aliphatic heterocycles. The third-order valence-corrected chi connectivity index (χ3v) is 9.80. The van der Waals surface area contributed by atoms with Gasteiger partial charge in [0.2, 0.25) is 17.7 Å². The maximum atomic E-state index is 14.1. The third kappa shape index (κ3) is 4.30. The van der Waals surface area contributed by atoms with Crippen LogP contribution in [0.25, 0.3) is 0 Å². The van der Waals surface area contributed by atoms with Gasteiger partial charge < -0.3 is 20.6 Å². The second-order valence-corrected chi connectivity index (χ2v) is 14.1. The summed E-state index contributed by atoms with van der Waals surface area (Å²) in [5.41, 5.74) is -0.442. The largest absolute Gasteiger partial charge is 0.394 e. The fraction of sp³-hybridized carbons (Fsp3) is 0.880. The number of nitrogens with zero attached hydrogens (tertiary/aromatic N) is 1. The van der Waals surface area contributed by atoms with E-state index in [1.54, 1.807) is 23.7 Å². The van der Waals surface area contributed by atoms with E-state index in [-0.39, 0.29) is 46.8 Å². The third-order valence-electron chi connectivity index (χ3n) is 7.73. The summed E-state index contributed by atoms with van der Waals surface area (Å²) in [6.45, 7) is 16.3. The van der Waals surface area contributed by atoms with Crippen molar-refractivity contribution in [3.05, 3.63) is 0 Å². The summed E-state index contributed by atoms with van der Waals surface area (Å²) >= 11 is 1.67. The van der Waals surface area contributed by atoms with Crippen molar-refractivity contribution in [2.24, 2.45) is 29.1 Å². The number of carbonyl (C=O) groups is 3. The summed E-state index contributed by atoms with van der Waals surface area (Å²) in [4.78, 5) is 42.6. The first-order chi connectivity index (χ1) is 15.1. The van der Waals surface area contributed by atoms with Crippen molar-refractivity contribution < 1.29 is 19.5 Å². The highest BCUT2D eigenvalue weighted by Crippen LogP contribution is 2.68. The molecule has 3 fully saturated rings. The lowest BCUT2D eigenvalue weighted by atomic mass is 9.65. The zero-order valence-electron chi connectivity index (χ0n) is 21.7. The first-order valence-electron chi connectivity index (χ1n) is 12.3. The van der Waals surface area contributed by atoms with Gasteiger partial charge in [-0.1, -0.05) is 41.5 Å². The van der Waals surface area contributed by atoms with E-state index in [0.717, 1.165) is 12.8 Å². The predicted molar refractivity (Wildman–Crippen MR) is 132 cm³/mol. The number of aliphatic hydroxyl groups is 1. The van der Waals surface area contributed by atoms with Crippen LogP contribution in [-0.4, -0.2) is 69.0 Å². The molecule has 3 aliphatic rings. The number of amides is 3. The molecule has 3 rings (SSSR count). The van der Waals surface area contributed by atoms with Gasteiger partial charge in [-0.2, -0.15) is 0 Å². The van der Waals surface area contributed by atoms with Crippen molar-refractivity contribution in [3.8, 4) is 0 Å². The Hall–Kier alpha value is -1.28. The van der Waals surface area contributed by atoms with Crippen LogP contribution < -0.4 is 10.6 Å². The van der Waals surface area contributed by atoms with Crippen LogP contribution in [0.3, 0.4) is 0 Å². The molecule has 0 radical (unpaired) electrons. The monoisotopic (exact) mass is 481 g/mol. The molecule has 3 saturated heterocycles. The second kappa shape index (κ2) is 8.74. The Kier molecular flexibility index (Phi) is 6.97. The number of carbonyl (C=O) groups excluding carboxylic acids is 3. The van der Waals surface area contributed by atoms with Crippen molar-refractivity contribution in [1.82, 2.24) is 15.5 Å². The highest BCUT2D eigenvalue weighted by Gasteiger charge is 2.76. The summed E-state index contributed by atoms with van der Waals surface area (Å²) in [5.74, 6) is -1.37. The van der Waals surface area contributed by atoms with Gasteiger partial charge in [-0.15, -0.1) is 11.8 Å². The highest BCUT2D eigenvalue weighted by molar-refractivity contribution is 8.02. The molecule has 0 aromatic carbocycles.